The highest BCUT2D eigenvalue weighted by molar-refractivity contribution is 6.00. The molecule has 2 rings (SSSR count). The summed E-state index contributed by atoms with van der Waals surface area (Å²) in [6.45, 7) is 7.09. The number of Topliss-reactive ketones (excluding diaryl/α,β-unsaturated/α-hetero) is 1. The summed E-state index contributed by atoms with van der Waals surface area (Å²) in [5.41, 5.74) is 1.13. The fraction of sp³-hybridized carbons (Fsp3) is 0.412. The number of hydrogen-bond acceptors (Lipinski definition) is 3. The largest absolute Gasteiger partial charge is 0.483 e. The lowest BCUT2D eigenvalue weighted by molar-refractivity contribution is -0.132. The SMILES string of the molecule is CC(=O)C[C@H](c1ccc(C)cc1)[C@@]1(C)OC(C)=CC1=O. The molecule has 0 spiro atoms. The first kappa shape index (κ1) is 14.5. The number of allylic oxidation sites excluding steroid dienone is 1. The Hall–Kier alpha value is -1.90. The Morgan fingerprint density at radius 3 is 2.30 bits per heavy atom. The second-order valence-corrected chi connectivity index (χ2v) is 5.70. The van der Waals surface area contributed by atoms with Gasteiger partial charge >= 0.3 is 0 Å². The van der Waals surface area contributed by atoms with Gasteiger partial charge < -0.3 is 9.53 Å². The van der Waals surface area contributed by atoms with Crippen LogP contribution >= 0.6 is 0 Å². The molecule has 0 aromatic heterocycles. The summed E-state index contributed by atoms with van der Waals surface area (Å²) in [5.74, 6) is 0.333. The third-order valence-corrected chi connectivity index (χ3v) is 3.83. The number of ether oxygens (including phenoxy) is 1. The van der Waals surface area contributed by atoms with E-state index in [1.165, 1.54) is 6.08 Å². The highest BCUT2D eigenvalue weighted by atomic mass is 16.5. The molecule has 1 aromatic carbocycles. The molecule has 1 aromatic rings. The van der Waals surface area contributed by atoms with Crippen molar-refractivity contribution in [2.24, 2.45) is 0 Å². The number of carbonyl (C=O) groups is 2. The smallest absolute Gasteiger partial charge is 0.202 e. The van der Waals surface area contributed by atoms with Crippen LogP contribution in [0.25, 0.3) is 0 Å². The lowest BCUT2D eigenvalue weighted by atomic mass is 9.78. The average molecular weight is 272 g/mol. The molecule has 0 amide bonds. The Bertz CT molecular complexity index is 568. The standard InChI is InChI=1S/C17H20O3/c1-11-5-7-14(8-6-11)15(9-12(2)18)17(4)16(19)10-13(3)20-17/h5-8,10,15H,9H2,1-4H3/t15-,17-/m1/s1. The van der Waals surface area contributed by atoms with Gasteiger partial charge in [0.2, 0.25) is 5.78 Å². The minimum Gasteiger partial charge on any atom is -0.483 e. The van der Waals surface area contributed by atoms with Crippen molar-refractivity contribution in [1.82, 2.24) is 0 Å². The normalized spacial score (nSPS) is 23.2. The molecule has 0 unspecified atom stereocenters. The maximum Gasteiger partial charge on any atom is 0.202 e. The highest BCUT2D eigenvalue weighted by Crippen LogP contribution is 2.40. The van der Waals surface area contributed by atoms with E-state index < -0.39 is 5.60 Å². The van der Waals surface area contributed by atoms with Gasteiger partial charge in [0, 0.05) is 18.4 Å². The highest BCUT2D eigenvalue weighted by Gasteiger charge is 2.47. The molecule has 0 fully saturated rings. The van der Waals surface area contributed by atoms with E-state index in [1.54, 1.807) is 20.8 Å². The van der Waals surface area contributed by atoms with Crippen molar-refractivity contribution in [2.45, 2.75) is 45.6 Å². The second kappa shape index (κ2) is 5.23. The lowest BCUT2D eigenvalue weighted by Crippen LogP contribution is -2.40. The van der Waals surface area contributed by atoms with Gasteiger partial charge in [-0.2, -0.15) is 0 Å². The summed E-state index contributed by atoms with van der Waals surface area (Å²) in [7, 11) is 0. The summed E-state index contributed by atoms with van der Waals surface area (Å²) in [4.78, 5) is 23.9. The van der Waals surface area contributed by atoms with Crippen LogP contribution in [0.1, 0.15) is 44.2 Å². The van der Waals surface area contributed by atoms with E-state index in [0.29, 0.717) is 12.2 Å². The molecule has 0 aliphatic carbocycles. The van der Waals surface area contributed by atoms with Crippen LogP contribution in [0.3, 0.4) is 0 Å². The van der Waals surface area contributed by atoms with Crippen LogP contribution in [0, 0.1) is 6.92 Å². The van der Waals surface area contributed by atoms with Gasteiger partial charge in [-0.05, 0) is 33.3 Å². The first-order valence-electron chi connectivity index (χ1n) is 6.80. The maximum absolute atomic E-state index is 12.3. The molecule has 3 nitrogen and oxygen atoms in total. The molecule has 0 saturated heterocycles. The molecule has 0 bridgehead atoms. The number of benzene rings is 1. The zero-order valence-electron chi connectivity index (χ0n) is 12.4. The predicted molar refractivity (Wildman–Crippen MR) is 77.5 cm³/mol. The number of hydrogen-bond donors (Lipinski definition) is 0. The minimum atomic E-state index is -0.981. The van der Waals surface area contributed by atoms with Crippen molar-refractivity contribution >= 4 is 11.6 Å². The van der Waals surface area contributed by atoms with Gasteiger partial charge in [0.05, 0.1) is 5.76 Å². The zero-order chi connectivity index (χ0) is 14.9. The fourth-order valence-corrected chi connectivity index (χ4v) is 2.70. The van der Waals surface area contributed by atoms with E-state index in [1.807, 2.05) is 31.2 Å². The molecule has 0 radical (unpaired) electrons. The summed E-state index contributed by atoms with van der Waals surface area (Å²) >= 11 is 0. The summed E-state index contributed by atoms with van der Waals surface area (Å²) in [5, 5.41) is 0. The molecule has 3 heteroatoms. The molecule has 2 atom stereocenters. The molecular formula is C17H20O3. The Balaban J connectivity index is 2.41. The molecule has 0 saturated carbocycles. The van der Waals surface area contributed by atoms with Crippen molar-refractivity contribution < 1.29 is 14.3 Å². The maximum atomic E-state index is 12.3. The quantitative estimate of drug-likeness (QED) is 0.844. The van der Waals surface area contributed by atoms with Gasteiger partial charge in [-0.1, -0.05) is 29.8 Å². The van der Waals surface area contributed by atoms with Gasteiger partial charge in [-0.25, -0.2) is 0 Å². The Labute approximate surface area is 119 Å². The third kappa shape index (κ3) is 2.67. The zero-order valence-corrected chi connectivity index (χ0v) is 12.4. The van der Waals surface area contributed by atoms with E-state index in [4.69, 9.17) is 4.74 Å². The first-order valence-corrected chi connectivity index (χ1v) is 6.80. The average Bonchev–Trinajstić information content (AvgIpc) is 2.62. The Morgan fingerprint density at radius 2 is 1.85 bits per heavy atom. The van der Waals surface area contributed by atoms with Crippen LogP contribution in [0.4, 0.5) is 0 Å². The van der Waals surface area contributed by atoms with Gasteiger partial charge in [-0.15, -0.1) is 0 Å². The van der Waals surface area contributed by atoms with E-state index in [-0.39, 0.29) is 17.5 Å². The number of rotatable bonds is 4. The van der Waals surface area contributed by atoms with E-state index >= 15 is 0 Å². The molecule has 1 aliphatic rings. The summed E-state index contributed by atoms with van der Waals surface area (Å²) in [6.07, 6.45) is 1.81. The summed E-state index contributed by atoms with van der Waals surface area (Å²) in [6, 6.07) is 7.92. The first-order chi connectivity index (χ1) is 9.33. The van der Waals surface area contributed by atoms with Crippen molar-refractivity contribution in [1.29, 1.82) is 0 Å². The van der Waals surface area contributed by atoms with E-state index in [9.17, 15) is 9.59 Å². The summed E-state index contributed by atoms with van der Waals surface area (Å²) < 4.78 is 5.77. The van der Waals surface area contributed by atoms with Gasteiger partial charge in [0.15, 0.2) is 5.60 Å². The molecule has 1 heterocycles. The molecule has 0 N–H and O–H groups in total. The Morgan fingerprint density at radius 1 is 1.25 bits per heavy atom. The monoisotopic (exact) mass is 272 g/mol. The number of carbonyl (C=O) groups excluding carboxylic acids is 2. The third-order valence-electron chi connectivity index (χ3n) is 3.83. The number of ketones is 2. The van der Waals surface area contributed by atoms with E-state index in [0.717, 1.165) is 11.1 Å². The number of aryl methyl sites for hydroxylation is 1. The van der Waals surface area contributed by atoms with Gasteiger partial charge in [0.1, 0.15) is 5.78 Å². The fourth-order valence-electron chi connectivity index (χ4n) is 2.70. The van der Waals surface area contributed by atoms with Crippen LogP contribution in [-0.2, 0) is 14.3 Å². The van der Waals surface area contributed by atoms with Gasteiger partial charge in [-0.3, -0.25) is 4.79 Å². The molecule has 106 valence electrons. The van der Waals surface area contributed by atoms with Crippen molar-refractivity contribution in [3.8, 4) is 0 Å². The minimum absolute atomic E-state index is 0.0535. The van der Waals surface area contributed by atoms with Gasteiger partial charge in [0.25, 0.3) is 0 Å². The van der Waals surface area contributed by atoms with Crippen LogP contribution < -0.4 is 0 Å². The molecule has 1 aliphatic heterocycles. The van der Waals surface area contributed by atoms with Crippen LogP contribution in [0.5, 0.6) is 0 Å². The van der Waals surface area contributed by atoms with Crippen molar-refractivity contribution in [2.75, 3.05) is 0 Å². The van der Waals surface area contributed by atoms with Crippen LogP contribution in [0.2, 0.25) is 0 Å². The van der Waals surface area contributed by atoms with Crippen molar-refractivity contribution in [3.63, 3.8) is 0 Å². The Kier molecular flexibility index (Phi) is 3.80. The van der Waals surface area contributed by atoms with E-state index in [2.05, 4.69) is 0 Å². The second-order valence-electron chi connectivity index (χ2n) is 5.70. The molecular weight excluding hydrogens is 252 g/mol. The molecule has 20 heavy (non-hydrogen) atoms. The topological polar surface area (TPSA) is 43.4 Å². The van der Waals surface area contributed by atoms with Crippen LogP contribution in [-0.4, -0.2) is 17.2 Å². The van der Waals surface area contributed by atoms with Crippen molar-refractivity contribution in [3.05, 3.63) is 47.2 Å². The van der Waals surface area contributed by atoms with Crippen LogP contribution in [0.15, 0.2) is 36.1 Å². The predicted octanol–water partition coefficient (Wildman–Crippen LogP) is 3.32. The lowest BCUT2D eigenvalue weighted by Gasteiger charge is -2.32.